The van der Waals surface area contributed by atoms with Crippen molar-refractivity contribution in [1.82, 2.24) is 15.1 Å². The summed E-state index contributed by atoms with van der Waals surface area (Å²) < 4.78 is 1.86. The van der Waals surface area contributed by atoms with E-state index >= 15 is 0 Å². The summed E-state index contributed by atoms with van der Waals surface area (Å²) in [5.41, 5.74) is 0.790. The summed E-state index contributed by atoms with van der Waals surface area (Å²) in [6.45, 7) is 3.49. The molecule has 6 heteroatoms. The van der Waals surface area contributed by atoms with Gasteiger partial charge in [0, 0.05) is 25.0 Å². The van der Waals surface area contributed by atoms with Crippen molar-refractivity contribution in [3.63, 3.8) is 0 Å². The van der Waals surface area contributed by atoms with Crippen molar-refractivity contribution in [3.05, 3.63) is 47.7 Å². The fourth-order valence-electron chi connectivity index (χ4n) is 2.83. The van der Waals surface area contributed by atoms with E-state index in [1.54, 1.807) is 11.1 Å². The van der Waals surface area contributed by atoms with Crippen LogP contribution in [0.1, 0.15) is 13.3 Å². The number of rotatable bonds is 5. The van der Waals surface area contributed by atoms with Gasteiger partial charge in [-0.25, -0.2) is 0 Å². The molecule has 1 fully saturated rings. The highest BCUT2D eigenvalue weighted by Gasteiger charge is 2.33. The zero-order valence-corrected chi connectivity index (χ0v) is 13.2. The highest BCUT2D eigenvalue weighted by Crippen LogP contribution is 2.29. The predicted octanol–water partition coefficient (Wildman–Crippen LogP) is 2.32. The molecule has 1 aromatic carbocycles. The first-order valence-electron chi connectivity index (χ1n) is 7.44. The molecule has 0 aliphatic carbocycles. The summed E-state index contributed by atoms with van der Waals surface area (Å²) >= 11 is 6.19. The Morgan fingerprint density at radius 2 is 2.23 bits per heavy atom. The monoisotopic (exact) mass is 318 g/mol. The van der Waals surface area contributed by atoms with E-state index in [0.717, 1.165) is 18.7 Å². The van der Waals surface area contributed by atoms with Crippen molar-refractivity contribution in [2.45, 2.75) is 32.0 Å². The van der Waals surface area contributed by atoms with Gasteiger partial charge in [-0.3, -0.25) is 9.48 Å². The van der Waals surface area contributed by atoms with Crippen LogP contribution in [0.5, 0.6) is 0 Å². The lowest BCUT2D eigenvalue weighted by Gasteiger charge is -2.21. The molecule has 2 aromatic rings. The van der Waals surface area contributed by atoms with Crippen LogP contribution in [-0.4, -0.2) is 34.3 Å². The molecule has 1 saturated heterocycles. The van der Waals surface area contributed by atoms with E-state index in [2.05, 4.69) is 17.3 Å². The van der Waals surface area contributed by atoms with Gasteiger partial charge in [0.1, 0.15) is 0 Å². The number of hydrogen-bond donors (Lipinski definition) is 1. The molecular formula is C16H19ClN4O. The van der Waals surface area contributed by atoms with E-state index < -0.39 is 0 Å². The molecule has 116 valence electrons. The van der Waals surface area contributed by atoms with Gasteiger partial charge in [0.05, 0.1) is 23.3 Å². The van der Waals surface area contributed by atoms with Gasteiger partial charge in [0.2, 0.25) is 5.91 Å². The number of benzene rings is 1. The molecular weight excluding hydrogens is 300 g/mol. The molecule has 2 heterocycles. The minimum atomic E-state index is -0.165. The lowest BCUT2D eigenvalue weighted by atomic mass is 10.2. The minimum absolute atomic E-state index is 0.0837. The Morgan fingerprint density at radius 3 is 2.95 bits per heavy atom. The van der Waals surface area contributed by atoms with Crippen LogP contribution in [0.15, 0.2) is 42.7 Å². The van der Waals surface area contributed by atoms with Crippen LogP contribution in [0.4, 0.5) is 5.69 Å². The van der Waals surface area contributed by atoms with Gasteiger partial charge in [-0.1, -0.05) is 23.7 Å². The first-order chi connectivity index (χ1) is 10.6. The molecule has 2 atom stereocenters. The molecule has 1 amide bonds. The van der Waals surface area contributed by atoms with Crippen molar-refractivity contribution in [3.8, 4) is 0 Å². The Kier molecular flexibility index (Phi) is 4.45. The van der Waals surface area contributed by atoms with Crippen molar-refractivity contribution in [1.29, 1.82) is 0 Å². The number of carbonyl (C=O) groups is 1. The number of anilines is 1. The second-order valence-electron chi connectivity index (χ2n) is 5.58. The van der Waals surface area contributed by atoms with Crippen LogP contribution < -0.4 is 10.2 Å². The summed E-state index contributed by atoms with van der Waals surface area (Å²) in [5, 5.41) is 8.19. The van der Waals surface area contributed by atoms with E-state index in [1.165, 1.54) is 0 Å². The zero-order chi connectivity index (χ0) is 15.5. The Balaban J connectivity index is 1.63. The third-order valence-corrected chi connectivity index (χ3v) is 4.17. The number of para-hydroxylation sites is 1. The zero-order valence-electron chi connectivity index (χ0n) is 12.4. The number of nitrogens with zero attached hydrogens (tertiary/aromatic N) is 3. The third-order valence-electron chi connectivity index (χ3n) is 3.85. The molecule has 0 unspecified atom stereocenters. The van der Waals surface area contributed by atoms with Gasteiger partial charge in [-0.05, 0) is 31.5 Å². The number of hydrogen-bond acceptors (Lipinski definition) is 3. The fourth-order valence-corrected chi connectivity index (χ4v) is 3.07. The topological polar surface area (TPSA) is 50.2 Å². The van der Waals surface area contributed by atoms with Gasteiger partial charge in [-0.15, -0.1) is 0 Å². The predicted molar refractivity (Wildman–Crippen MR) is 87.0 cm³/mol. The van der Waals surface area contributed by atoms with Gasteiger partial charge in [-0.2, -0.15) is 5.10 Å². The maximum Gasteiger partial charge on any atom is 0.244 e. The Labute approximate surface area is 134 Å². The molecule has 1 aromatic heterocycles. The quantitative estimate of drug-likeness (QED) is 0.920. The maximum atomic E-state index is 12.6. The number of amides is 1. The van der Waals surface area contributed by atoms with Crippen molar-refractivity contribution in [2.24, 2.45) is 0 Å². The van der Waals surface area contributed by atoms with E-state index in [9.17, 15) is 4.79 Å². The van der Waals surface area contributed by atoms with Gasteiger partial charge < -0.3 is 10.2 Å². The maximum absolute atomic E-state index is 12.6. The molecule has 1 aliphatic rings. The summed E-state index contributed by atoms with van der Waals surface area (Å²) in [5.74, 6) is 0.0837. The normalized spacial score (nSPS) is 19.6. The average molecular weight is 319 g/mol. The van der Waals surface area contributed by atoms with Crippen LogP contribution in [0, 0.1) is 0 Å². The molecule has 0 spiro atoms. The van der Waals surface area contributed by atoms with E-state index in [4.69, 9.17) is 11.6 Å². The fraction of sp³-hybridized carbons (Fsp3) is 0.375. The molecule has 22 heavy (non-hydrogen) atoms. The SMILES string of the molecule is C[C@@H](Cn1cccn1)N[C@H]1CCN(c2ccccc2Cl)C1=O. The molecule has 0 saturated carbocycles. The van der Waals surface area contributed by atoms with Gasteiger partial charge >= 0.3 is 0 Å². The summed E-state index contributed by atoms with van der Waals surface area (Å²) in [7, 11) is 0. The lowest BCUT2D eigenvalue weighted by molar-refractivity contribution is -0.119. The van der Waals surface area contributed by atoms with E-state index in [0.29, 0.717) is 11.6 Å². The molecule has 1 aliphatic heterocycles. The van der Waals surface area contributed by atoms with Crippen molar-refractivity contribution in [2.75, 3.05) is 11.4 Å². The number of nitrogens with one attached hydrogen (secondary N) is 1. The molecule has 1 N–H and O–H groups in total. The Morgan fingerprint density at radius 1 is 1.41 bits per heavy atom. The lowest BCUT2D eigenvalue weighted by Crippen LogP contribution is -2.44. The number of halogens is 1. The smallest absolute Gasteiger partial charge is 0.244 e. The Hall–Kier alpha value is -1.85. The highest BCUT2D eigenvalue weighted by molar-refractivity contribution is 6.33. The van der Waals surface area contributed by atoms with Crippen LogP contribution >= 0.6 is 11.6 Å². The molecule has 5 nitrogen and oxygen atoms in total. The van der Waals surface area contributed by atoms with E-state index in [1.807, 2.05) is 41.2 Å². The minimum Gasteiger partial charge on any atom is -0.310 e. The standard InChI is InChI=1S/C16H19ClN4O/c1-12(11-20-9-4-8-18-20)19-14-7-10-21(16(14)22)15-6-3-2-5-13(15)17/h2-6,8-9,12,14,19H,7,10-11H2,1H3/t12-,14-/m0/s1. The second kappa shape index (κ2) is 6.50. The summed E-state index contributed by atoms with van der Waals surface area (Å²) in [6, 6.07) is 9.36. The largest absolute Gasteiger partial charge is 0.310 e. The van der Waals surface area contributed by atoms with Crippen LogP contribution in [0.3, 0.4) is 0 Å². The second-order valence-corrected chi connectivity index (χ2v) is 5.99. The van der Waals surface area contributed by atoms with Crippen molar-refractivity contribution < 1.29 is 4.79 Å². The first-order valence-corrected chi connectivity index (χ1v) is 7.82. The molecule has 0 bridgehead atoms. The van der Waals surface area contributed by atoms with Crippen LogP contribution in [0.25, 0.3) is 0 Å². The molecule has 0 radical (unpaired) electrons. The van der Waals surface area contributed by atoms with E-state index in [-0.39, 0.29) is 18.0 Å². The summed E-state index contributed by atoms with van der Waals surface area (Å²) in [4.78, 5) is 14.3. The highest BCUT2D eigenvalue weighted by atomic mass is 35.5. The van der Waals surface area contributed by atoms with Gasteiger partial charge in [0.15, 0.2) is 0 Å². The number of carbonyl (C=O) groups excluding carboxylic acids is 1. The molecule has 3 rings (SSSR count). The first kappa shape index (κ1) is 15.1. The van der Waals surface area contributed by atoms with Crippen molar-refractivity contribution >= 4 is 23.2 Å². The average Bonchev–Trinajstić information content (AvgIpc) is 3.11. The Bertz CT molecular complexity index is 643. The summed E-state index contributed by atoms with van der Waals surface area (Å²) in [6.07, 6.45) is 4.46. The van der Waals surface area contributed by atoms with Crippen LogP contribution in [0.2, 0.25) is 5.02 Å². The third kappa shape index (κ3) is 3.15. The number of aromatic nitrogens is 2. The van der Waals surface area contributed by atoms with Gasteiger partial charge in [0.25, 0.3) is 0 Å². The van der Waals surface area contributed by atoms with Crippen LogP contribution in [-0.2, 0) is 11.3 Å².